The highest BCUT2D eigenvalue weighted by Crippen LogP contribution is 2.18. The van der Waals surface area contributed by atoms with E-state index < -0.39 is 6.10 Å². The van der Waals surface area contributed by atoms with Crippen molar-refractivity contribution in [3.8, 4) is 0 Å². The van der Waals surface area contributed by atoms with Crippen molar-refractivity contribution in [1.82, 2.24) is 0 Å². The van der Waals surface area contributed by atoms with Gasteiger partial charge in [0.05, 0.1) is 0 Å². The Kier molecular flexibility index (Phi) is 48.6. The van der Waals surface area contributed by atoms with Crippen LogP contribution in [0.3, 0.4) is 0 Å². The molecule has 0 fully saturated rings. The zero-order valence-corrected chi connectivity index (χ0v) is 43.2. The van der Waals surface area contributed by atoms with Gasteiger partial charge in [-0.15, -0.1) is 0 Å². The lowest BCUT2D eigenvalue weighted by atomic mass is 10.0. The first kappa shape index (κ1) is 61.4. The van der Waals surface area contributed by atoms with Gasteiger partial charge in [0, 0.05) is 19.3 Å². The van der Waals surface area contributed by atoms with Crippen LogP contribution in [0.5, 0.6) is 0 Å². The Labute approximate surface area is 393 Å². The molecular formula is C57H110O6. The molecule has 0 N–H and O–H groups in total. The summed E-state index contributed by atoms with van der Waals surface area (Å²) in [5, 5.41) is 0. The van der Waals surface area contributed by atoms with Crippen LogP contribution in [-0.4, -0.2) is 37.2 Å². The Hall–Kier alpha value is -1.59. The maximum atomic E-state index is 12.8. The Morgan fingerprint density at radius 2 is 0.524 bits per heavy atom. The minimum absolute atomic E-state index is 0.0633. The molecule has 1 atom stereocenters. The minimum Gasteiger partial charge on any atom is -0.462 e. The summed E-state index contributed by atoms with van der Waals surface area (Å²) in [4.78, 5) is 38.1. The van der Waals surface area contributed by atoms with Crippen LogP contribution < -0.4 is 0 Å². The van der Waals surface area contributed by atoms with Crippen molar-refractivity contribution < 1.29 is 28.6 Å². The topological polar surface area (TPSA) is 78.9 Å². The van der Waals surface area contributed by atoms with Crippen LogP contribution in [0.15, 0.2) is 0 Å². The molecule has 6 heteroatoms. The molecule has 0 heterocycles. The second-order valence-electron chi connectivity index (χ2n) is 20.5. The monoisotopic (exact) mass is 891 g/mol. The molecule has 0 aliphatic rings. The highest BCUT2D eigenvalue weighted by Gasteiger charge is 2.19. The summed E-state index contributed by atoms with van der Waals surface area (Å²) in [6, 6.07) is 0. The van der Waals surface area contributed by atoms with E-state index in [0.29, 0.717) is 19.3 Å². The van der Waals surface area contributed by atoms with Crippen molar-refractivity contribution >= 4 is 17.9 Å². The molecule has 0 amide bonds. The molecule has 0 aromatic heterocycles. The van der Waals surface area contributed by atoms with Gasteiger partial charge in [0.1, 0.15) is 13.2 Å². The predicted octanol–water partition coefficient (Wildman–Crippen LogP) is 18.5. The second-order valence-corrected chi connectivity index (χ2v) is 20.5. The zero-order valence-electron chi connectivity index (χ0n) is 43.2. The summed E-state index contributed by atoms with van der Waals surface area (Å²) < 4.78 is 16.9. The molecule has 6 nitrogen and oxygen atoms in total. The van der Waals surface area contributed by atoms with E-state index in [1.807, 2.05) is 0 Å². The smallest absolute Gasteiger partial charge is 0.306 e. The van der Waals surface area contributed by atoms with Crippen molar-refractivity contribution in [3.63, 3.8) is 0 Å². The van der Waals surface area contributed by atoms with Crippen molar-refractivity contribution in [2.75, 3.05) is 13.2 Å². The molecular weight excluding hydrogens is 781 g/mol. The van der Waals surface area contributed by atoms with Crippen LogP contribution in [0.4, 0.5) is 0 Å². The van der Waals surface area contributed by atoms with E-state index in [9.17, 15) is 14.4 Å². The molecule has 0 bridgehead atoms. The summed E-state index contributed by atoms with van der Waals surface area (Å²) in [5.74, 6) is 0.791. The summed E-state index contributed by atoms with van der Waals surface area (Å²) in [5.41, 5.74) is 0. The Bertz CT molecular complexity index is 962. The SMILES string of the molecule is CCCCCCCCCCCCCCCCCCCCCC(=O)OC[C@H](COC(=O)CCCCCCCCCCCCC(C)C)OC(=O)CCCCCCCCCCCCC(C)C. The third kappa shape index (κ3) is 51.3. The van der Waals surface area contributed by atoms with Gasteiger partial charge in [-0.1, -0.05) is 279 Å². The van der Waals surface area contributed by atoms with E-state index in [-0.39, 0.29) is 31.1 Å². The average Bonchev–Trinajstić information content (AvgIpc) is 3.25. The highest BCUT2D eigenvalue weighted by atomic mass is 16.6. The first-order valence-electron chi connectivity index (χ1n) is 28.2. The van der Waals surface area contributed by atoms with Crippen molar-refractivity contribution in [2.45, 2.75) is 323 Å². The van der Waals surface area contributed by atoms with Crippen LogP contribution >= 0.6 is 0 Å². The normalized spacial score (nSPS) is 12.0. The van der Waals surface area contributed by atoms with Gasteiger partial charge in [0.25, 0.3) is 0 Å². The van der Waals surface area contributed by atoms with E-state index in [2.05, 4.69) is 34.6 Å². The van der Waals surface area contributed by atoms with Crippen LogP contribution in [0.1, 0.15) is 317 Å². The van der Waals surface area contributed by atoms with Gasteiger partial charge in [-0.25, -0.2) is 0 Å². The lowest BCUT2D eigenvalue weighted by Gasteiger charge is -2.18. The molecule has 0 spiro atoms. The molecule has 374 valence electrons. The van der Waals surface area contributed by atoms with Crippen LogP contribution in [0.2, 0.25) is 0 Å². The highest BCUT2D eigenvalue weighted by molar-refractivity contribution is 5.71. The molecule has 0 aliphatic heterocycles. The standard InChI is InChI=1S/C57H110O6/c1-6-7-8-9-10-11-12-13-14-15-16-17-18-19-20-27-32-37-42-47-55(58)61-50-54(63-57(60)49-44-39-34-29-24-22-26-31-36-41-46-53(4)5)51-62-56(59)48-43-38-33-28-23-21-25-30-35-40-45-52(2)3/h52-54H,6-51H2,1-5H3/t54-/m1/s1. The van der Waals surface area contributed by atoms with E-state index >= 15 is 0 Å². The number of carbonyl (C=O) groups excluding carboxylic acids is 3. The lowest BCUT2D eigenvalue weighted by Crippen LogP contribution is -2.30. The van der Waals surface area contributed by atoms with Gasteiger partial charge >= 0.3 is 17.9 Å². The minimum atomic E-state index is -0.763. The fourth-order valence-corrected chi connectivity index (χ4v) is 8.70. The van der Waals surface area contributed by atoms with Crippen LogP contribution in [0.25, 0.3) is 0 Å². The number of carbonyl (C=O) groups is 3. The number of hydrogen-bond donors (Lipinski definition) is 0. The molecule has 0 saturated carbocycles. The van der Waals surface area contributed by atoms with Crippen molar-refractivity contribution in [3.05, 3.63) is 0 Å². The zero-order chi connectivity index (χ0) is 46.1. The second kappa shape index (κ2) is 49.8. The van der Waals surface area contributed by atoms with Gasteiger partial charge in [-0.2, -0.15) is 0 Å². The molecule has 0 radical (unpaired) electrons. The number of rotatable bonds is 51. The van der Waals surface area contributed by atoms with E-state index in [1.54, 1.807) is 0 Å². The Balaban J connectivity index is 4.26. The first-order chi connectivity index (χ1) is 30.7. The van der Waals surface area contributed by atoms with Crippen molar-refractivity contribution in [2.24, 2.45) is 11.8 Å². The lowest BCUT2D eigenvalue weighted by molar-refractivity contribution is -0.167. The van der Waals surface area contributed by atoms with Gasteiger partial charge in [-0.3, -0.25) is 14.4 Å². The first-order valence-corrected chi connectivity index (χ1v) is 28.2. The van der Waals surface area contributed by atoms with E-state index in [4.69, 9.17) is 14.2 Å². The average molecular weight is 892 g/mol. The van der Waals surface area contributed by atoms with E-state index in [0.717, 1.165) is 69.6 Å². The summed E-state index contributed by atoms with van der Waals surface area (Å²) >= 11 is 0. The molecule has 0 aliphatic carbocycles. The molecule has 0 aromatic carbocycles. The van der Waals surface area contributed by atoms with Gasteiger partial charge in [0.2, 0.25) is 0 Å². The summed E-state index contributed by atoms with van der Waals surface area (Å²) in [6.45, 7) is 11.4. The van der Waals surface area contributed by atoms with Crippen molar-refractivity contribution in [1.29, 1.82) is 0 Å². The molecule has 0 unspecified atom stereocenters. The number of esters is 3. The fraction of sp³-hybridized carbons (Fsp3) is 0.947. The summed E-state index contributed by atoms with van der Waals surface area (Å²) in [6.07, 6.45) is 52.4. The molecule has 0 rings (SSSR count). The number of hydrogen-bond acceptors (Lipinski definition) is 6. The molecule has 0 aromatic rings. The van der Waals surface area contributed by atoms with Gasteiger partial charge in [-0.05, 0) is 31.1 Å². The number of unbranched alkanes of at least 4 members (excludes halogenated alkanes) is 36. The Morgan fingerprint density at radius 1 is 0.302 bits per heavy atom. The van der Waals surface area contributed by atoms with Gasteiger partial charge in [0.15, 0.2) is 6.10 Å². The fourth-order valence-electron chi connectivity index (χ4n) is 8.70. The molecule has 63 heavy (non-hydrogen) atoms. The third-order valence-corrected chi connectivity index (χ3v) is 13.0. The third-order valence-electron chi connectivity index (χ3n) is 13.0. The predicted molar refractivity (Wildman–Crippen MR) is 270 cm³/mol. The number of ether oxygens (including phenoxy) is 3. The maximum Gasteiger partial charge on any atom is 0.306 e. The van der Waals surface area contributed by atoms with Crippen LogP contribution in [0, 0.1) is 11.8 Å². The quantitative estimate of drug-likeness (QED) is 0.0344. The molecule has 0 saturated heterocycles. The van der Waals surface area contributed by atoms with Gasteiger partial charge < -0.3 is 14.2 Å². The van der Waals surface area contributed by atoms with E-state index in [1.165, 1.54) is 205 Å². The largest absolute Gasteiger partial charge is 0.462 e. The summed E-state index contributed by atoms with van der Waals surface area (Å²) in [7, 11) is 0. The Morgan fingerprint density at radius 3 is 0.778 bits per heavy atom. The van der Waals surface area contributed by atoms with Crippen LogP contribution in [-0.2, 0) is 28.6 Å². The maximum absolute atomic E-state index is 12.8.